The Morgan fingerprint density at radius 2 is 0.630 bits per heavy atom. The van der Waals surface area contributed by atoms with Gasteiger partial charge in [0.05, 0.1) is 0 Å². The highest BCUT2D eigenvalue weighted by molar-refractivity contribution is 5.90. The molecule has 1 fully saturated rings. The molecule has 4 aromatic rings. The third kappa shape index (κ3) is 1.35. The van der Waals surface area contributed by atoms with Crippen LogP contribution in [0.1, 0.15) is 22.3 Å². The zero-order valence-corrected chi connectivity index (χ0v) is 14.6. The summed E-state index contributed by atoms with van der Waals surface area (Å²) in [6.45, 7) is 0. The van der Waals surface area contributed by atoms with Crippen molar-refractivity contribution < 1.29 is 4.74 Å². The molecule has 1 heterocycles. The highest BCUT2D eigenvalue weighted by Gasteiger charge is 2.78. The molecule has 0 N–H and O–H groups in total. The lowest BCUT2D eigenvalue weighted by Crippen LogP contribution is -2.21. The van der Waals surface area contributed by atoms with Crippen LogP contribution in [0.5, 0.6) is 0 Å². The first-order valence-electron chi connectivity index (χ1n) is 9.47. The molecule has 7 rings (SSSR count). The van der Waals surface area contributed by atoms with E-state index in [2.05, 4.69) is 97.1 Å². The quantitative estimate of drug-likeness (QED) is 0.364. The summed E-state index contributed by atoms with van der Waals surface area (Å²) in [6.07, 6.45) is 0. The third-order valence-electron chi connectivity index (χ3n) is 6.57. The molecule has 1 nitrogen and oxygen atoms in total. The van der Waals surface area contributed by atoms with Crippen LogP contribution in [0.3, 0.4) is 0 Å². The van der Waals surface area contributed by atoms with Gasteiger partial charge >= 0.3 is 0 Å². The van der Waals surface area contributed by atoms with Crippen LogP contribution in [0.4, 0.5) is 0 Å². The molecule has 0 saturated carbocycles. The molecule has 0 aromatic heterocycles. The molecular formula is C26H16O. The van der Waals surface area contributed by atoms with Gasteiger partial charge in [-0.3, -0.25) is 0 Å². The first kappa shape index (κ1) is 14.0. The molecule has 0 amide bonds. The van der Waals surface area contributed by atoms with Gasteiger partial charge in [-0.25, -0.2) is 0 Å². The average Bonchev–Trinajstić information content (AvgIpc) is 3.26. The Kier molecular flexibility index (Phi) is 2.27. The first-order valence-corrected chi connectivity index (χ1v) is 9.47. The number of hydrogen-bond acceptors (Lipinski definition) is 1. The summed E-state index contributed by atoms with van der Waals surface area (Å²) >= 11 is 0. The predicted octanol–water partition coefficient (Wildman–Crippen LogP) is 5.87. The normalized spacial score (nSPS) is 18.1. The molecule has 1 saturated heterocycles. The molecule has 0 atom stereocenters. The van der Waals surface area contributed by atoms with Gasteiger partial charge in [-0.2, -0.15) is 0 Å². The van der Waals surface area contributed by atoms with E-state index in [1.54, 1.807) is 0 Å². The SMILES string of the molecule is c1ccc2c(c1)-c1ccccc1C21OC12c1ccccc1-c1ccccc12. The fourth-order valence-electron chi connectivity index (χ4n) is 5.57. The minimum atomic E-state index is -0.428. The Morgan fingerprint density at radius 1 is 0.370 bits per heavy atom. The Hall–Kier alpha value is -3.16. The summed E-state index contributed by atoms with van der Waals surface area (Å²) in [5.41, 5.74) is 9.49. The summed E-state index contributed by atoms with van der Waals surface area (Å²) in [7, 11) is 0. The molecular weight excluding hydrogens is 328 g/mol. The van der Waals surface area contributed by atoms with Crippen LogP contribution in [0.2, 0.25) is 0 Å². The van der Waals surface area contributed by atoms with E-state index in [9.17, 15) is 0 Å². The van der Waals surface area contributed by atoms with Gasteiger partial charge < -0.3 is 4.74 Å². The van der Waals surface area contributed by atoms with Crippen molar-refractivity contribution in [3.05, 3.63) is 119 Å². The highest BCUT2D eigenvalue weighted by atomic mass is 16.6. The smallest absolute Gasteiger partial charge is 0.158 e. The van der Waals surface area contributed by atoms with E-state index in [1.165, 1.54) is 44.5 Å². The van der Waals surface area contributed by atoms with Crippen LogP contribution in [0.25, 0.3) is 22.3 Å². The summed E-state index contributed by atoms with van der Waals surface area (Å²) < 4.78 is 6.92. The van der Waals surface area contributed by atoms with Crippen LogP contribution >= 0.6 is 0 Å². The van der Waals surface area contributed by atoms with Crippen molar-refractivity contribution in [1.82, 2.24) is 0 Å². The van der Waals surface area contributed by atoms with Gasteiger partial charge in [-0.1, -0.05) is 97.1 Å². The molecule has 2 aliphatic carbocycles. The van der Waals surface area contributed by atoms with Crippen molar-refractivity contribution in [3.8, 4) is 22.3 Å². The number of ether oxygens (including phenoxy) is 1. The second-order valence-electron chi connectivity index (χ2n) is 7.65. The lowest BCUT2D eigenvalue weighted by atomic mass is 9.78. The van der Waals surface area contributed by atoms with Crippen molar-refractivity contribution in [2.75, 3.05) is 0 Å². The lowest BCUT2D eigenvalue weighted by molar-refractivity contribution is 0.305. The summed E-state index contributed by atoms with van der Waals surface area (Å²) in [5, 5.41) is 0. The van der Waals surface area contributed by atoms with Gasteiger partial charge in [-0.15, -0.1) is 0 Å². The molecule has 2 spiro atoms. The first-order chi connectivity index (χ1) is 13.4. The van der Waals surface area contributed by atoms with Gasteiger partial charge in [0.15, 0.2) is 11.2 Å². The molecule has 1 heteroatoms. The van der Waals surface area contributed by atoms with Gasteiger partial charge in [0, 0.05) is 0 Å². The molecule has 1 aliphatic heterocycles. The van der Waals surface area contributed by atoms with Crippen molar-refractivity contribution >= 4 is 0 Å². The van der Waals surface area contributed by atoms with Crippen molar-refractivity contribution in [1.29, 1.82) is 0 Å². The second kappa shape index (κ2) is 4.39. The monoisotopic (exact) mass is 344 g/mol. The molecule has 0 radical (unpaired) electrons. The molecule has 4 aromatic carbocycles. The third-order valence-corrected chi connectivity index (χ3v) is 6.57. The standard InChI is InChI=1S/C26H16O/c1-5-13-21-17(9-1)18-10-2-6-14-22(18)25(21)26(27-25)23-15-7-3-11-19(23)20-12-4-8-16-24(20)26/h1-16H. The van der Waals surface area contributed by atoms with Crippen LogP contribution in [0, 0.1) is 0 Å². The highest BCUT2D eigenvalue weighted by Crippen LogP contribution is 2.76. The average molecular weight is 344 g/mol. The molecule has 126 valence electrons. The minimum absolute atomic E-state index is 0.428. The number of rotatable bonds is 0. The predicted molar refractivity (Wildman–Crippen MR) is 106 cm³/mol. The largest absolute Gasteiger partial charge is 0.342 e. The lowest BCUT2D eigenvalue weighted by Gasteiger charge is -2.16. The van der Waals surface area contributed by atoms with E-state index in [1.807, 2.05) is 0 Å². The molecule has 3 aliphatic rings. The van der Waals surface area contributed by atoms with Crippen molar-refractivity contribution in [3.63, 3.8) is 0 Å². The fourth-order valence-corrected chi connectivity index (χ4v) is 5.57. The van der Waals surface area contributed by atoms with E-state index >= 15 is 0 Å². The maximum atomic E-state index is 6.92. The maximum absolute atomic E-state index is 6.92. The van der Waals surface area contributed by atoms with E-state index in [-0.39, 0.29) is 0 Å². The summed E-state index contributed by atoms with van der Waals surface area (Å²) in [6, 6.07) is 34.9. The van der Waals surface area contributed by atoms with Gasteiger partial charge in [0.25, 0.3) is 0 Å². The van der Waals surface area contributed by atoms with Crippen molar-refractivity contribution in [2.45, 2.75) is 11.2 Å². The van der Waals surface area contributed by atoms with Crippen LogP contribution in [-0.4, -0.2) is 0 Å². The topological polar surface area (TPSA) is 12.5 Å². The number of benzene rings is 4. The molecule has 0 unspecified atom stereocenters. The van der Waals surface area contributed by atoms with E-state index in [4.69, 9.17) is 4.74 Å². The van der Waals surface area contributed by atoms with E-state index in [0.29, 0.717) is 0 Å². The molecule has 27 heavy (non-hydrogen) atoms. The zero-order valence-electron chi connectivity index (χ0n) is 14.6. The number of epoxide rings is 1. The second-order valence-corrected chi connectivity index (χ2v) is 7.65. The Balaban J connectivity index is 1.63. The fraction of sp³-hybridized carbons (Fsp3) is 0.0769. The van der Waals surface area contributed by atoms with Crippen LogP contribution < -0.4 is 0 Å². The van der Waals surface area contributed by atoms with Crippen LogP contribution in [-0.2, 0) is 15.9 Å². The van der Waals surface area contributed by atoms with E-state index in [0.717, 1.165) is 0 Å². The number of hydrogen-bond donors (Lipinski definition) is 0. The summed E-state index contributed by atoms with van der Waals surface area (Å²) in [4.78, 5) is 0. The van der Waals surface area contributed by atoms with Crippen molar-refractivity contribution in [2.24, 2.45) is 0 Å². The summed E-state index contributed by atoms with van der Waals surface area (Å²) in [5.74, 6) is 0. The Labute approximate surface area is 157 Å². The Morgan fingerprint density at radius 3 is 0.926 bits per heavy atom. The maximum Gasteiger partial charge on any atom is 0.158 e. The van der Waals surface area contributed by atoms with Crippen LogP contribution in [0.15, 0.2) is 97.1 Å². The van der Waals surface area contributed by atoms with Gasteiger partial charge in [0.2, 0.25) is 0 Å². The molecule has 0 bridgehead atoms. The number of fused-ring (bicyclic) bond motifs is 11. The minimum Gasteiger partial charge on any atom is -0.342 e. The van der Waals surface area contributed by atoms with Gasteiger partial charge in [-0.05, 0) is 44.5 Å². The van der Waals surface area contributed by atoms with Gasteiger partial charge in [0.1, 0.15) is 0 Å². The zero-order chi connectivity index (χ0) is 17.6. The van der Waals surface area contributed by atoms with E-state index < -0.39 is 11.2 Å². The Bertz CT molecular complexity index is 1080.